The van der Waals surface area contributed by atoms with Crippen molar-refractivity contribution < 1.29 is 4.79 Å². The van der Waals surface area contributed by atoms with E-state index >= 15 is 0 Å². The Morgan fingerprint density at radius 3 is 2.72 bits per heavy atom. The molecule has 2 heterocycles. The largest absolute Gasteiger partial charge is 0.372 e. The van der Waals surface area contributed by atoms with Crippen LogP contribution in [0.5, 0.6) is 0 Å². The molecule has 0 saturated carbocycles. The van der Waals surface area contributed by atoms with Crippen molar-refractivity contribution in [1.82, 2.24) is 19.8 Å². The van der Waals surface area contributed by atoms with Gasteiger partial charge in [-0.25, -0.2) is 4.98 Å². The fourth-order valence-corrected chi connectivity index (χ4v) is 3.26. The standard InChI is InChI=1S/C19H25N5O/c1-20-18-12-21-11-16(22-18)17-5-4-10-24(17)19(25)15-8-6-14(7-9-15)13-23(2)3/h6-9,11-12,17H,4-5,10,13H2,1-3H3,(H,20,22). The van der Waals surface area contributed by atoms with Gasteiger partial charge in [-0.3, -0.25) is 9.78 Å². The first-order valence-corrected chi connectivity index (χ1v) is 8.63. The Morgan fingerprint density at radius 1 is 1.28 bits per heavy atom. The number of anilines is 1. The first-order chi connectivity index (χ1) is 12.1. The molecule has 2 aromatic rings. The first-order valence-electron chi connectivity index (χ1n) is 8.63. The summed E-state index contributed by atoms with van der Waals surface area (Å²) in [5.41, 5.74) is 2.78. The van der Waals surface area contributed by atoms with Crippen LogP contribution in [0.25, 0.3) is 0 Å². The van der Waals surface area contributed by atoms with Crippen LogP contribution in [0.15, 0.2) is 36.7 Å². The summed E-state index contributed by atoms with van der Waals surface area (Å²) in [5, 5.41) is 3.01. The highest BCUT2D eigenvalue weighted by Gasteiger charge is 2.31. The van der Waals surface area contributed by atoms with Gasteiger partial charge in [-0.15, -0.1) is 0 Å². The maximum absolute atomic E-state index is 13.0. The van der Waals surface area contributed by atoms with Crippen LogP contribution >= 0.6 is 0 Å². The number of nitrogens with zero attached hydrogens (tertiary/aromatic N) is 4. The third kappa shape index (κ3) is 3.96. The van der Waals surface area contributed by atoms with Gasteiger partial charge in [0, 0.05) is 25.7 Å². The Hall–Kier alpha value is -2.47. The van der Waals surface area contributed by atoms with Crippen LogP contribution in [-0.4, -0.2) is 53.4 Å². The lowest BCUT2D eigenvalue weighted by Crippen LogP contribution is -2.31. The van der Waals surface area contributed by atoms with Crippen LogP contribution in [0.1, 0.15) is 40.5 Å². The lowest BCUT2D eigenvalue weighted by atomic mass is 10.1. The van der Waals surface area contributed by atoms with Crippen molar-refractivity contribution in [3.05, 3.63) is 53.5 Å². The fraction of sp³-hybridized carbons (Fsp3) is 0.421. The Labute approximate surface area is 148 Å². The molecule has 6 heteroatoms. The molecule has 25 heavy (non-hydrogen) atoms. The molecule has 0 aliphatic carbocycles. The normalized spacial score (nSPS) is 17.1. The molecule has 1 N–H and O–H groups in total. The van der Waals surface area contributed by atoms with E-state index in [0.29, 0.717) is 0 Å². The number of amides is 1. The van der Waals surface area contributed by atoms with Gasteiger partial charge in [0.1, 0.15) is 5.82 Å². The number of hydrogen-bond donors (Lipinski definition) is 1. The van der Waals surface area contributed by atoms with E-state index in [2.05, 4.69) is 20.2 Å². The van der Waals surface area contributed by atoms with Crippen LogP contribution in [0, 0.1) is 0 Å². The Balaban J connectivity index is 1.78. The van der Waals surface area contributed by atoms with Crippen LogP contribution < -0.4 is 5.32 Å². The minimum atomic E-state index is -0.00486. The molecule has 1 atom stereocenters. The van der Waals surface area contributed by atoms with E-state index in [9.17, 15) is 4.79 Å². The van der Waals surface area contributed by atoms with Crippen LogP contribution in [0.4, 0.5) is 5.82 Å². The lowest BCUT2D eigenvalue weighted by molar-refractivity contribution is 0.0732. The zero-order valence-corrected chi connectivity index (χ0v) is 15.1. The molecule has 1 fully saturated rings. The SMILES string of the molecule is CNc1cncc(C2CCCN2C(=O)c2ccc(CN(C)C)cc2)n1. The monoisotopic (exact) mass is 339 g/mol. The number of benzene rings is 1. The van der Waals surface area contributed by atoms with Crippen LogP contribution in [0.2, 0.25) is 0 Å². The van der Waals surface area contributed by atoms with Crippen molar-refractivity contribution in [2.45, 2.75) is 25.4 Å². The van der Waals surface area contributed by atoms with Crippen molar-refractivity contribution in [2.75, 3.05) is 33.0 Å². The van der Waals surface area contributed by atoms with Gasteiger partial charge in [0.15, 0.2) is 0 Å². The topological polar surface area (TPSA) is 61.4 Å². The van der Waals surface area contributed by atoms with Gasteiger partial charge >= 0.3 is 0 Å². The van der Waals surface area contributed by atoms with Crippen molar-refractivity contribution in [2.24, 2.45) is 0 Å². The summed E-state index contributed by atoms with van der Waals surface area (Å²) in [5.74, 6) is 0.792. The smallest absolute Gasteiger partial charge is 0.254 e. The molecular formula is C19H25N5O. The quantitative estimate of drug-likeness (QED) is 0.907. The number of likely N-dealkylation sites (tertiary alicyclic amines) is 1. The van der Waals surface area contributed by atoms with Gasteiger partial charge in [-0.05, 0) is 44.6 Å². The number of carbonyl (C=O) groups is 1. The molecule has 132 valence electrons. The third-order valence-electron chi connectivity index (χ3n) is 4.46. The van der Waals surface area contributed by atoms with Crippen LogP contribution in [-0.2, 0) is 6.54 Å². The zero-order chi connectivity index (χ0) is 17.8. The van der Waals surface area contributed by atoms with Crippen molar-refractivity contribution in [3.63, 3.8) is 0 Å². The molecule has 1 aromatic heterocycles. The summed E-state index contributed by atoms with van der Waals surface area (Å²) in [6.07, 6.45) is 5.36. The average Bonchev–Trinajstić information content (AvgIpc) is 3.11. The maximum Gasteiger partial charge on any atom is 0.254 e. The summed E-state index contributed by atoms with van der Waals surface area (Å²) in [4.78, 5) is 25.8. The van der Waals surface area contributed by atoms with Crippen molar-refractivity contribution >= 4 is 11.7 Å². The molecule has 1 aliphatic heterocycles. The summed E-state index contributed by atoms with van der Waals surface area (Å²) in [6.45, 7) is 1.63. The van der Waals surface area contributed by atoms with Gasteiger partial charge in [-0.2, -0.15) is 0 Å². The molecule has 6 nitrogen and oxygen atoms in total. The molecule has 1 aromatic carbocycles. The van der Waals surface area contributed by atoms with E-state index < -0.39 is 0 Å². The Kier molecular flexibility index (Phi) is 5.28. The average molecular weight is 339 g/mol. The molecular weight excluding hydrogens is 314 g/mol. The molecule has 0 bridgehead atoms. The highest BCUT2D eigenvalue weighted by molar-refractivity contribution is 5.94. The minimum Gasteiger partial charge on any atom is -0.372 e. The molecule has 0 spiro atoms. The summed E-state index contributed by atoms with van der Waals surface area (Å²) < 4.78 is 0. The van der Waals surface area contributed by atoms with E-state index in [1.165, 1.54) is 5.56 Å². The van der Waals surface area contributed by atoms with Gasteiger partial charge in [-0.1, -0.05) is 12.1 Å². The van der Waals surface area contributed by atoms with Gasteiger partial charge in [0.2, 0.25) is 0 Å². The molecule has 0 radical (unpaired) electrons. The van der Waals surface area contributed by atoms with E-state index in [0.717, 1.165) is 43.0 Å². The lowest BCUT2D eigenvalue weighted by Gasteiger charge is -2.24. The second-order valence-corrected chi connectivity index (χ2v) is 6.67. The zero-order valence-electron chi connectivity index (χ0n) is 15.1. The number of nitrogens with one attached hydrogen (secondary N) is 1. The highest BCUT2D eigenvalue weighted by Crippen LogP contribution is 2.32. The summed E-state index contributed by atoms with van der Waals surface area (Å²) >= 11 is 0. The Morgan fingerprint density at radius 2 is 2.04 bits per heavy atom. The second kappa shape index (κ2) is 7.61. The van der Waals surface area contributed by atoms with E-state index in [4.69, 9.17) is 0 Å². The number of aromatic nitrogens is 2. The predicted octanol–water partition coefficient (Wildman–Crippen LogP) is 2.56. The highest BCUT2D eigenvalue weighted by atomic mass is 16.2. The summed E-state index contributed by atoms with van der Waals surface area (Å²) in [7, 11) is 5.89. The van der Waals surface area contributed by atoms with Crippen LogP contribution in [0.3, 0.4) is 0 Å². The molecule has 1 unspecified atom stereocenters. The predicted molar refractivity (Wildman–Crippen MR) is 98.4 cm³/mol. The minimum absolute atomic E-state index is 0.00486. The van der Waals surface area contributed by atoms with Gasteiger partial charge in [0.25, 0.3) is 5.91 Å². The third-order valence-corrected chi connectivity index (χ3v) is 4.46. The van der Waals surface area contributed by atoms with Gasteiger partial charge < -0.3 is 15.1 Å². The molecule has 1 amide bonds. The Bertz CT molecular complexity index is 729. The van der Waals surface area contributed by atoms with E-state index in [-0.39, 0.29) is 11.9 Å². The van der Waals surface area contributed by atoms with Crippen molar-refractivity contribution in [3.8, 4) is 0 Å². The number of hydrogen-bond acceptors (Lipinski definition) is 5. The van der Waals surface area contributed by atoms with Gasteiger partial charge in [0.05, 0.1) is 24.1 Å². The number of carbonyl (C=O) groups excluding carboxylic acids is 1. The van der Waals surface area contributed by atoms with E-state index in [1.54, 1.807) is 12.4 Å². The second-order valence-electron chi connectivity index (χ2n) is 6.67. The molecule has 1 saturated heterocycles. The van der Waals surface area contributed by atoms with E-state index in [1.807, 2.05) is 50.3 Å². The molecule has 1 aliphatic rings. The first kappa shape index (κ1) is 17.4. The fourth-order valence-electron chi connectivity index (χ4n) is 3.26. The molecule has 3 rings (SSSR count). The summed E-state index contributed by atoms with van der Waals surface area (Å²) in [6, 6.07) is 7.90. The van der Waals surface area contributed by atoms with Crippen molar-refractivity contribution in [1.29, 1.82) is 0 Å². The number of rotatable bonds is 5. The maximum atomic E-state index is 13.0.